The van der Waals surface area contributed by atoms with Crippen LogP contribution in [0.1, 0.15) is 26.2 Å². The summed E-state index contributed by atoms with van der Waals surface area (Å²) < 4.78 is 5.45. The molecule has 2 heterocycles. The van der Waals surface area contributed by atoms with E-state index in [0.29, 0.717) is 51.9 Å². The van der Waals surface area contributed by atoms with Crippen molar-refractivity contribution < 1.29 is 19.1 Å². The van der Waals surface area contributed by atoms with Crippen molar-refractivity contribution >= 4 is 23.4 Å². The zero-order valence-corrected chi connectivity index (χ0v) is 17.5. The first-order chi connectivity index (χ1) is 14.5. The third-order valence-corrected chi connectivity index (χ3v) is 5.93. The van der Waals surface area contributed by atoms with E-state index in [1.165, 1.54) is 0 Å². The number of carbonyl (C=O) groups excluding carboxylic acids is 3. The Morgan fingerprint density at radius 2 is 1.80 bits per heavy atom. The van der Waals surface area contributed by atoms with Crippen LogP contribution in [0.15, 0.2) is 24.3 Å². The van der Waals surface area contributed by atoms with Crippen LogP contribution in [0.3, 0.4) is 0 Å². The molecule has 1 N–H and O–H groups in total. The van der Waals surface area contributed by atoms with E-state index in [4.69, 9.17) is 4.74 Å². The van der Waals surface area contributed by atoms with E-state index in [0.717, 1.165) is 24.3 Å². The van der Waals surface area contributed by atoms with Crippen LogP contribution in [0, 0.1) is 5.92 Å². The summed E-state index contributed by atoms with van der Waals surface area (Å²) in [5.41, 5.74) is 0.797. The SMILES string of the molecule is CCOc1ccc(N2CC(C(=O)N3CCN(CC(=O)NC4CC4)CC3)CC2=O)cc1. The fraction of sp³-hybridized carbons (Fsp3) is 0.591. The molecule has 162 valence electrons. The van der Waals surface area contributed by atoms with Crippen molar-refractivity contribution in [1.82, 2.24) is 15.1 Å². The lowest BCUT2D eigenvalue weighted by atomic mass is 10.1. The first-order valence-corrected chi connectivity index (χ1v) is 10.9. The van der Waals surface area contributed by atoms with E-state index < -0.39 is 0 Å². The number of nitrogens with one attached hydrogen (secondary N) is 1. The first kappa shape index (κ1) is 20.7. The summed E-state index contributed by atoms with van der Waals surface area (Å²) in [5.74, 6) is 0.550. The van der Waals surface area contributed by atoms with Gasteiger partial charge in [0.15, 0.2) is 0 Å². The zero-order valence-electron chi connectivity index (χ0n) is 17.5. The number of piperazine rings is 1. The van der Waals surface area contributed by atoms with Gasteiger partial charge in [-0.1, -0.05) is 0 Å². The standard InChI is InChI=1S/C22H30N4O4/c1-2-30-19-7-5-18(6-8-19)26-14-16(13-21(26)28)22(29)25-11-9-24(10-12-25)15-20(27)23-17-3-4-17/h5-8,16-17H,2-4,9-15H2,1H3,(H,23,27). The highest BCUT2D eigenvalue weighted by Crippen LogP contribution is 2.28. The quantitative estimate of drug-likeness (QED) is 0.716. The minimum absolute atomic E-state index is 0.0205. The Kier molecular flexibility index (Phi) is 6.22. The van der Waals surface area contributed by atoms with Crippen LogP contribution in [-0.4, -0.2) is 79.4 Å². The molecule has 2 saturated heterocycles. The highest BCUT2D eigenvalue weighted by molar-refractivity contribution is 6.00. The van der Waals surface area contributed by atoms with E-state index in [-0.39, 0.29) is 30.1 Å². The second kappa shape index (κ2) is 9.04. The first-order valence-electron chi connectivity index (χ1n) is 10.9. The van der Waals surface area contributed by atoms with Crippen LogP contribution >= 0.6 is 0 Å². The molecule has 1 saturated carbocycles. The minimum atomic E-state index is -0.311. The highest BCUT2D eigenvalue weighted by atomic mass is 16.5. The Hall–Kier alpha value is -2.61. The maximum Gasteiger partial charge on any atom is 0.234 e. The smallest absolute Gasteiger partial charge is 0.234 e. The van der Waals surface area contributed by atoms with Gasteiger partial charge in [0, 0.05) is 50.9 Å². The van der Waals surface area contributed by atoms with Crippen molar-refractivity contribution in [3.8, 4) is 5.75 Å². The molecule has 0 bridgehead atoms. The number of hydrogen-bond acceptors (Lipinski definition) is 5. The molecule has 2 aliphatic heterocycles. The van der Waals surface area contributed by atoms with Gasteiger partial charge >= 0.3 is 0 Å². The molecular formula is C22H30N4O4. The normalized spacial score (nSPS) is 22.3. The summed E-state index contributed by atoms with van der Waals surface area (Å²) >= 11 is 0. The van der Waals surface area contributed by atoms with Gasteiger partial charge in [0.1, 0.15) is 5.75 Å². The molecule has 0 radical (unpaired) electrons. The van der Waals surface area contributed by atoms with Gasteiger partial charge in [-0.15, -0.1) is 0 Å². The van der Waals surface area contributed by atoms with E-state index in [1.807, 2.05) is 36.1 Å². The van der Waals surface area contributed by atoms with Crippen LogP contribution in [0.25, 0.3) is 0 Å². The number of ether oxygens (including phenoxy) is 1. The van der Waals surface area contributed by atoms with Crippen LogP contribution in [0.2, 0.25) is 0 Å². The number of amides is 3. The fourth-order valence-electron chi connectivity index (χ4n) is 4.10. The lowest BCUT2D eigenvalue weighted by Gasteiger charge is -2.35. The lowest BCUT2D eigenvalue weighted by molar-refractivity contribution is -0.137. The van der Waals surface area contributed by atoms with Crippen molar-refractivity contribution in [1.29, 1.82) is 0 Å². The Balaban J connectivity index is 1.27. The van der Waals surface area contributed by atoms with Crippen LogP contribution in [-0.2, 0) is 14.4 Å². The summed E-state index contributed by atoms with van der Waals surface area (Å²) in [7, 11) is 0. The highest BCUT2D eigenvalue weighted by Gasteiger charge is 2.38. The van der Waals surface area contributed by atoms with E-state index in [9.17, 15) is 14.4 Å². The molecule has 1 aromatic rings. The topological polar surface area (TPSA) is 82.2 Å². The molecule has 3 aliphatic rings. The summed E-state index contributed by atoms with van der Waals surface area (Å²) in [5, 5.41) is 3.00. The average molecular weight is 415 g/mol. The molecule has 0 aromatic heterocycles. The van der Waals surface area contributed by atoms with Crippen molar-refractivity contribution in [2.24, 2.45) is 5.92 Å². The average Bonchev–Trinajstić information content (AvgIpc) is 3.47. The van der Waals surface area contributed by atoms with Crippen molar-refractivity contribution in [3.05, 3.63) is 24.3 Å². The van der Waals surface area contributed by atoms with Crippen LogP contribution in [0.4, 0.5) is 5.69 Å². The number of hydrogen-bond donors (Lipinski definition) is 1. The van der Waals surface area contributed by atoms with Crippen molar-refractivity contribution in [3.63, 3.8) is 0 Å². The predicted molar refractivity (Wildman–Crippen MR) is 112 cm³/mol. The fourth-order valence-corrected chi connectivity index (χ4v) is 4.10. The van der Waals surface area contributed by atoms with Gasteiger partial charge in [0.2, 0.25) is 17.7 Å². The van der Waals surface area contributed by atoms with Gasteiger partial charge < -0.3 is 19.9 Å². The number of benzene rings is 1. The van der Waals surface area contributed by atoms with E-state index >= 15 is 0 Å². The summed E-state index contributed by atoms with van der Waals surface area (Å²) in [6, 6.07) is 7.79. The van der Waals surface area contributed by atoms with Crippen LogP contribution in [0.5, 0.6) is 5.75 Å². The van der Waals surface area contributed by atoms with Gasteiger partial charge in [0.25, 0.3) is 0 Å². The Morgan fingerprint density at radius 3 is 2.43 bits per heavy atom. The number of rotatable bonds is 7. The predicted octanol–water partition coefficient (Wildman–Crippen LogP) is 0.861. The molecule has 8 heteroatoms. The third-order valence-electron chi connectivity index (χ3n) is 5.93. The van der Waals surface area contributed by atoms with E-state index in [2.05, 4.69) is 10.2 Å². The molecule has 8 nitrogen and oxygen atoms in total. The molecule has 1 aromatic carbocycles. The Labute approximate surface area is 177 Å². The number of carbonyl (C=O) groups is 3. The molecule has 3 amide bonds. The Morgan fingerprint density at radius 1 is 1.10 bits per heavy atom. The second-order valence-electron chi connectivity index (χ2n) is 8.28. The van der Waals surface area contributed by atoms with Crippen molar-refractivity contribution in [2.45, 2.75) is 32.2 Å². The maximum atomic E-state index is 13.0. The second-order valence-corrected chi connectivity index (χ2v) is 8.28. The van der Waals surface area contributed by atoms with Gasteiger partial charge in [-0.25, -0.2) is 0 Å². The summed E-state index contributed by atoms with van der Waals surface area (Å²) in [6.45, 7) is 5.91. The molecule has 4 rings (SSSR count). The van der Waals surface area contributed by atoms with Gasteiger partial charge in [-0.2, -0.15) is 0 Å². The molecule has 1 unspecified atom stereocenters. The summed E-state index contributed by atoms with van der Waals surface area (Å²) in [4.78, 5) is 43.1. The molecule has 30 heavy (non-hydrogen) atoms. The zero-order chi connectivity index (χ0) is 21.1. The largest absolute Gasteiger partial charge is 0.494 e. The minimum Gasteiger partial charge on any atom is -0.494 e. The number of anilines is 1. The van der Waals surface area contributed by atoms with Crippen molar-refractivity contribution in [2.75, 3.05) is 50.8 Å². The molecule has 1 aliphatic carbocycles. The van der Waals surface area contributed by atoms with E-state index in [1.54, 1.807) is 4.90 Å². The molecule has 3 fully saturated rings. The Bertz CT molecular complexity index is 785. The van der Waals surface area contributed by atoms with Gasteiger partial charge in [-0.3, -0.25) is 19.3 Å². The third kappa shape index (κ3) is 4.92. The molecular weight excluding hydrogens is 384 g/mol. The monoisotopic (exact) mass is 414 g/mol. The molecule has 0 spiro atoms. The summed E-state index contributed by atoms with van der Waals surface area (Å²) in [6.07, 6.45) is 2.42. The van der Waals surface area contributed by atoms with Gasteiger partial charge in [0.05, 0.1) is 19.1 Å². The van der Waals surface area contributed by atoms with Crippen LogP contribution < -0.4 is 15.0 Å². The van der Waals surface area contributed by atoms with Gasteiger partial charge in [-0.05, 0) is 44.0 Å². The maximum absolute atomic E-state index is 13.0. The molecule has 1 atom stereocenters. The lowest BCUT2D eigenvalue weighted by Crippen LogP contribution is -2.52. The number of nitrogens with zero attached hydrogens (tertiary/aromatic N) is 3.